The molecule has 0 fully saturated rings. The normalized spacial score (nSPS) is 12.9. The van der Waals surface area contributed by atoms with Gasteiger partial charge >= 0.3 is 0 Å². The first kappa shape index (κ1) is 11.3. The van der Waals surface area contributed by atoms with Crippen molar-refractivity contribution >= 4 is 11.6 Å². The van der Waals surface area contributed by atoms with Crippen LogP contribution in [0.3, 0.4) is 0 Å². The van der Waals surface area contributed by atoms with Gasteiger partial charge in [0.2, 0.25) is 0 Å². The number of aliphatic hydroxyl groups is 1. The predicted octanol–water partition coefficient (Wildman–Crippen LogP) is 1.95. The Morgan fingerprint density at radius 3 is 2.64 bits per heavy atom. The maximum atomic E-state index is 9.72. The summed E-state index contributed by atoms with van der Waals surface area (Å²) in [5.41, 5.74) is 6.79. The first-order valence-corrected chi connectivity index (χ1v) is 4.85. The van der Waals surface area contributed by atoms with E-state index in [1.807, 2.05) is 6.92 Å². The molecule has 4 N–H and O–H groups in total. The van der Waals surface area contributed by atoms with Crippen LogP contribution in [0.1, 0.15) is 30.5 Å². The third kappa shape index (κ3) is 2.18. The molecule has 0 bridgehead atoms. The van der Waals surface area contributed by atoms with Gasteiger partial charge in [0.25, 0.3) is 0 Å². The van der Waals surface area contributed by atoms with E-state index in [1.54, 1.807) is 6.07 Å². The van der Waals surface area contributed by atoms with Crippen molar-refractivity contribution in [2.45, 2.75) is 26.0 Å². The number of hydrogen-bond acceptors (Lipinski definition) is 3. The highest BCUT2D eigenvalue weighted by Crippen LogP contribution is 2.31. The number of aliphatic hydroxyl groups excluding tert-OH is 1. The van der Waals surface area contributed by atoms with Gasteiger partial charge in [-0.05, 0) is 18.6 Å². The number of nitrogens with two attached hydrogens (primary N) is 1. The Labute approximate surface area is 88.1 Å². The van der Waals surface area contributed by atoms with Crippen molar-refractivity contribution in [1.29, 1.82) is 0 Å². The fraction of sp³-hybridized carbons (Fsp3) is 0.400. The van der Waals surface area contributed by atoms with Crippen molar-refractivity contribution < 1.29 is 10.2 Å². The van der Waals surface area contributed by atoms with Crippen LogP contribution in [0.15, 0.2) is 12.1 Å². The van der Waals surface area contributed by atoms with Crippen LogP contribution in [0.5, 0.6) is 5.75 Å². The molecule has 3 nitrogen and oxygen atoms in total. The van der Waals surface area contributed by atoms with Gasteiger partial charge in [0, 0.05) is 22.2 Å². The summed E-state index contributed by atoms with van der Waals surface area (Å²) in [6.07, 6.45) is 0.707. The number of halogens is 1. The molecule has 0 aliphatic heterocycles. The SMILES string of the molecule is CCC(N)c1cc(Cl)cc(CO)c1O. The second-order valence-electron chi connectivity index (χ2n) is 3.18. The smallest absolute Gasteiger partial charge is 0.125 e. The number of aromatic hydroxyl groups is 1. The molecule has 1 atom stereocenters. The van der Waals surface area contributed by atoms with Gasteiger partial charge in [-0.25, -0.2) is 0 Å². The lowest BCUT2D eigenvalue weighted by molar-refractivity contribution is 0.275. The fourth-order valence-corrected chi connectivity index (χ4v) is 1.55. The minimum atomic E-state index is -0.251. The topological polar surface area (TPSA) is 66.5 Å². The van der Waals surface area contributed by atoms with Gasteiger partial charge in [-0.15, -0.1) is 0 Å². The number of benzene rings is 1. The number of hydrogen-bond donors (Lipinski definition) is 3. The maximum Gasteiger partial charge on any atom is 0.125 e. The van der Waals surface area contributed by atoms with Crippen molar-refractivity contribution in [2.75, 3.05) is 0 Å². The van der Waals surface area contributed by atoms with E-state index in [0.717, 1.165) is 0 Å². The van der Waals surface area contributed by atoms with Crippen molar-refractivity contribution in [3.05, 3.63) is 28.3 Å². The van der Waals surface area contributed by atoms with Crippen LogP contribution < -0.4 is 5.73 Å². The summed E-state index contributed by atoms with van der Waals surface area (Å²) in [4.78, 5) is 0. The third-order valence-electron chi connectivity index (χ3n) is 2.19. The van der Waals surface area contributed by atoms with Crippen LogP contribution in [-0.2, 0) is 6.61 Å². The molecule has 1 aromatic carbocycles. The van der Waals surface area contributed by atoms with Gasteiger partial charge in [-0.3, -0.25) is 0 Å². The monoisotopic (exact) mass is 215 g/mol. The highest BCUT2D eigenvalue weighted by atomic mass is 35.5. The Kier molecular flexibility index (Phi) is 3.75. The van der Waals surface area contributed by atoms with Gasteiger partial charge in [0.05, 0.1) is 6.61 Å². The molecule has 78 valence electrons. The average Bonchev–Trinajstić information content (AvgIpc) is 2.19. The molecule has 0 saturated carbocycles. The molecule has 1 aromatic rings. The summed E-state index contributed by atoms with van der Waals surface area (Å²) in [6.45, 7) is 1.68. The first-order chi connectivity index (χ1) is 6.60. The zero-order valence-corrected chi connectivity index (χ0v) is 8.75. The summed E-state index contributed by atoms with van der Waals surface area (Å²) in [6, 6.07) is 2.91. The van der Waals surface area contributed by atoms with E-state index in [1.165, 1.54) is 6.07 Å². The Morgan fingerprint density at radius 1 is 1.50 bits per heavy atom. The summed E-state index contributed by atoms with van der Waals surface area (Å²) >= 11 is 5.82. The first-order valence-electron chi connectivity index (χ1n) is 4.47. The lowest BCUT2D eigenvalue weighted by Crippen LogP contribution is -2.09. The van der Waals surface area contributed by atoms with Crippen molar-refractivity contribution in [2.24, 2.45) is 5.73 Å². The van der Waals surface area contributed by atoms with Crippen LogP contribution in [0.2, 0.25) is 5.02 Å². The summed E-state index contributed by atoms with van der Waals surface area (Å²) in [5, 5.41) is 19.2. The zero-order valence-electron chi connectivity index (χ0n) is 8.00. The van der Waals surface area contributed by atoms with Crippen molar-refractivity contribution in [3.8, 4) is 5.75 Å². The third-order valence-corrected chi connectivity index (χ3v) is 2.41. The van der Waals surface area contributed by atoms with E-state index in [-0.39, 0.29) is 18.4 Å². The summed E-state index contributed by atoms with van der Waals surface area (Å²) in [7, 11) is 0. The lowest BCUT2D eigenvalue weighted by Gasteiger charge is -2.14. The van der Waals surface area contributed by atoms with Crippen molar-refractivity contribution in [1.82, 2.24) is 0 Å². The molecule has 0 spiro atoms. The molecule has 4 heteroatoms. The van der Waals surface area contributed by atoms with E-state index in [0.29, 0.717) is 22.6 Å². The number of rotatable bonds is 3. The van der Waals surface area contributed by atoms with Crippen LogP contribution in [0, 0.1) is 0 Å². The van der Waals surface area contributed by atoms with Gasteiger partial charge in [-0.1, -0.05) is 18.5 Å². The van der Waals surface area contributed by atoms with E-state index < -0.39 is 0 Å². The Bertz CT molecular complexity index is 328. The molecule has 0 heterocycles. The van der Waals surface area contributed by atoms with E-state index >= 15 is 0 Å². The Morgan fingerprint density at radius 2 is 2.14 bits per heavy atom. The standard InChI is InChI=1S/C10H14ClNO2/c1-2-9(12)8-4-7(11)3-6(5-13)10(8)14/h3-4,9,13-14H,2,5,12H2,1H3. The van der Waals surface area contributed by atoms with Crippen LogP contribution in [-0.4, -0.2) is 10.2 Å². The van der Waals surface area contributed by atoms with E-state index in [2.05, 4.69) is 0 Å². The second kappa shape index (κ2) is 4.64. The highest BCUT2D eigenvalue weighted by molar-refractivity contribution is 6.30. The maximum absolute atomic E-state index is 9.72. The van der Waals surface area contributed by atoms with Crippen molar-refractivity contribution in [3.63, 3.8) is 0 Å². The van der Waals surface area contributed by atoms with Crippen LogP contribution >= 0.6 is 11.6 Å². The molecule has 0 saturated heterocycles. The second-order valence-corrected chi connectivity index (χ2v) is 3.61. The van der Waals surface area contributed by atoms with Crippen LogP contribution in [0.25, 0.3) is 0 Å². The van der Waals surface area contributed by atoms with Gasteiger partial charge in [0.1, 0.15) is 5.75 Å². The molecule has 0 amide bonds. The van der Waals surface area contributed by atoms with Gasteiger partial charge in [-0.2, -0.15) is 0 Å². The molecule has 0 aliphatic carbocycles. The fourth-order valence-electron chi connectivity index (χ4n) is 1.30. The summed E-state index contributed by atoms with van der Waals surface area (Å²) in [5.74, 6) is 0.0475. The molecular formula is C10H14ClNO2. The molecule has 1 unspecified atom stereocenters. The minimum Gasteiger partial charge on any atom is -0.507 e. The molecule has 0 aromatic heterocycles. The Balaban J connectivity index is 3.21. The zero-order chi connectivity index (χ0) is 10.7. The van der Waals surface area contributed by atoms with E-state index in [4.69, 9.17) is 22.4 Å². The highest BCUT2D eigenvalue weighted by Gasteiger charge is 2.13. The number of phenols is 1. The quantitative estimate of drug-likeness (QED) is 0.722. The lowest BCUT2D eigenvalue weighted by atomic mass is 10.0. The molecule has 1 rings (SSSR count). The molecular weight excluding hydrogens is 202 g/mol. The predicted molar refractivity (Wildman–Crippen MR) is 56.3 cm³/mol. The molecule has 0 radical (unpaired) electrons. The van der Waals surface area contributed by atoms with Crippen LogP contribution in [0.4, 0.5) is 0 Å². The Hall–Kier alpha value is -0.770. The van der Waals surface area contributed by atoms with E-state index in [9.17, 15) is 5.11 Å². The average molecular weight is 216 g/mol. The molecule has 14 heavy (non-hydrogen) atoms. The van der Waals surface area contributed by atoms with Gasteiger partial charge in [0.15, 0.2) is 0 Å². The molecule has 0 aliphatic rings. The largest absolute Gasteiger partial charge is 0.507 e. The van der Waals surface area contributed by atoms with Gasteiger partial charge < -0.3 is 15.9 Å². The minimum absolute atomic E-state index is 0.0475. The summed E-state index contributed by atoms with van der Waals surface area (Å²) < 4.78 is 0.